The van der Waals surface area contributed by atoms with E-state index in [1.165, 1.54) is 33.9 Å². The molecule has 0 bridgehead atoms. The second kappa shape index (κ2) is 9.92. The van der Waals surface area contributed by atoms with E-state index in [-0.39, 0.29) is 0 Å². The Morgan fingerprint density at radius 1 is 1.07 bits per heavy atom. The molecule has 154 valence electrons. The highest BCUT2D eigenvalue weighted by Gasteiger charge is 2.12. The van der Waals surface area contributed by atoms with Crippen LogP contribution in [-0.4, -0.2) is 50.8 Å². The van der Waals surface area contributed by atoms with E-state index in [2.05, 4.69) is 63.0 Å². The number of benzene rings is 2. The monoisotopic (exact) mass is 410 g/mol. The number of hydrogen-bond acceptors (Lipinski definition) is 4. The third-order valence-corrected chi connectivity index (χ3v) is 6.40. The third-order valence-electron chi connectivity index (χ3n) is 5.46. The summed E-state index contributed by atoms with van der Waals surface area (Å²) in [4.78, 5) is 6.82. The van der Waals surface area contributed by atoms with Crippen LogP contribution in [0.4, 0.5) is 5.69 Å². The number of hydrogen-bond donors (Lipinski definition) is 2. The Kier molecular flexibility index (Phi) is 6.83. The van der Waals surface area contributed by atoms with Gasteiger partial charge in [0, 0.05) is 56.8 Å². The number of anilines is 1. The van der Waals surface area contributed by atoms with E-state index < -0.39 is 0 Å². The molecule has 4 rings (SSSR count). The van der Waals surface area contributed by atoms with Crippen LogP contribution in [0.15, 0.2) is 47.5 Å². The summed E-state index contributed by atoms with van der Waals surface area (Å²) in [6, 6.07) is 15.4. The van der Waals surface area contributed by atoms with Crippen molar-refractivity contribution in [3.05, 3.63) is 59.2 Å². The highest BCUT2D eigenvalue weighted by Crippen LogP contribution is 2.26. The number of ether oxygens (including phenoxy) is 1. The van der Waals surface area contributed by atoms with Crippen LogP contribution >= 0.6 is 11.8 Å². The molecule has 29 heavy (non-hydrogen) atoms. The molecule has 0 atom stereocenters. The van der Waals surface area contributed by atoms with Gasteiger partial charge in [0.25, 0.3) is 0 Å². The minimum atomic E-state index is 0.770. The van der Waals surface area contributed by atoms with Crippen LogP contribution in [0.25, 0.3) is 0 Å². The first-order valence-electron chi connectivity index (χ1n) is 10.4. The van der Waals surface area contributed by atoms with Gasteiger partial charge in [0.15, 0.2) is 5.96 Å². The van der Waals surface area contributed by atoms with Crippen molar-refractivity contribution >= 4 is 23.4 Å². The third kappa shape index (κ3) is 5.38. The fourth-order valence-corrected chi connectivity index (χ4v) is 4.68. The molecule has 0 aromatic heterocycles. The summed E-state index contributed by atoms with van der Waals surface area (Å²) in [5, 5.41) is 6.83. The van der Waals surface area contributed by atoms with Crippen LogP contribution in [0, 0.1) is 0 Å². The lowest BCUT2D eigenvalue weighted by atomic mass is 10.1. The maximum Gasteiger partial charge on any atom is 0.191 e. The highest BCUT2D eigenvalue weighted by atomic mass is 32.2. The Morgan fingerprint density at radius 3 is 2.66 bits per heavy atom. The Morgan fingerprint density at radius 2 is 1.86 bits per heavy atom. The van der Waals surface area contributed by atoms with E-state index in [0.29, 0.717) is 0 Å². The van der Waals surface area contributed by atoms with E-state index in [1.807, 2.05) is 18.8 Å². The number of nitrogens with one attached hydrogen (secondary N) is 2. The molecular formula is C23H30N4OS. The molecule has 6 heteroatoms. The van der Waals surface area contributed by atoms with E-state index in [9.17, 15) is 0 Å². The lowest BCUT2D eigenvalue weighted by Gasteiger charge is -2.28. The van der Waals surface area contributed by atoms with Gasteiger partial charge in [0.05, 0.1) is 6.61 Å². The van der Waals surface area contributed by atoms with Crippen LogP contribution in [-0.2, 0) is 19.4 Å². The number of nitrogens with zero attached hydrogens (tertiary/aromatic N) is 2. The Hall–Kier alpha value is -2.34. The molecule has 1 saturated heterocycles. The molecule has 0 unspecified atom stereocenters. The molecule has 2 N–H and O–H groups in total. The van der Waals surface area contributed by atoms with Crippen LogP contribution in [0.5, 0.6) is 5.75 Å². The van der Waals surface area contributed by atoms with Gasteiger partial charge in [-0.05, 0) is 41.3 Å². The quantitative estimate of drug-likeness (QED) is 0.566. The first kappa shape index (κ1) is 20.0. The fraction of sp³-hybridized carbons (Fsp3) is 0.435. The fourth-order valence-electron chi connectivity index (χ4n) is 3.77. The lowest BCUT2D eigenvalue weighted by molar-refractivity contribution is 0.357. The largest absolute Gasteiger partial charge is 0.493 e. The zero-order valence-corrected chi connectivity index (χ0v) is 17.9. The van der Waals surface area contributed by atoms with Gasteiger partial charge in [-0.3, -0.25) is 4.99 Å². The molecule has 2 heterocycles. The van der Waals surface area contributed by atoms with Crippen LogP contribution < -0.4 is 20.3 Å². The SMILES string of the molecule is CN=C(NCCc1ccc2c(c1)CCO2)NCc1ccc(N2CCSCC2)cc1. The van der Waals surface area contributed by atoms with Crippen molar-refractivity contribution in [1.29, 1.82) is 0 Å². The normalized spacial score (nSPS) is 16.3. The second-order valence-corrected chi connectivity index (χ2v) is 8.63. The summed E-state index contributed by atoms with van der Waals surface area (Å²) in [6.07, 6.45) is 1.99. The molecule has 2 aliphatic rings. The van der Waals surface area contributed by atoms with Gasteiger partial charge in [-0.1, -0.05) is 24.3 Å². The molecular weight excluding hydrogens is 380 g/mol. The molecule has 2 aromatic carbocycles. The van der Waals surface area contributed by atoms with E-state index in [0.717, 1.165) is 57.3 Å². The molecule has 0 spiro atoms. The van der Waals surface area contributed by atoms with Gasteiger partial charge in [-0.15, -0.1) is 0 Å². The van der Waals surface area contributed by atoms with E-state index in [1.54, 1.807) is 0 Å². The average Bonchev–Trinajstić information content (AvgIpc) is 3.25. The standard InChI is InChI=1S/C23H30N4OS/c1-24-23(25-10-8-18-4-7-22-20(16-18)9-13-28-22)26-17-19-2-5-21(6-3-19)27-11-14-29-15-12-27/h2-7,16H,8-15,17H2,1H3,(H2,24,25,26). The first-order valence-corrected chi connectivity index (χ1v) is 11.6. The van der Waals surface area contributed by atoms with Gasteiger partial charge in [-0.25, -0.2) is 0 Å². The summed E-state index contributed by atoms with van der Waals surface area (Å²) in [7, 11) is 1.82. The number of aliphatic imine (C=N–C) groups is 1. The number of guanidine groups is 1. The van der Waals surface area contributed by atoms with Crippen LogP contribution in [0.1, 0.15) is 16.7 Å². The average molecular weight is 411 g/mol. The van der Waals surface area contributed by atoms with Crippen molar-refractivity contribution in [3.63, 3.8) is 0 Å². The zero-order valence-electron chi connectivity index (χ0n) is 17.1. The van der Waals surface area contributed by atoms with Gasteiger partial charge >= 0.3 is 0 Å². The summed E-state index contributed by atoms with van der Waals surface area (Å²) in [6.45, 7) is 4.73. The molecule has 1 fully saturated rings. The maximum absolute atomic E-state index is 5.58. The second-order valence-electron chi connectivity index (χ2n) is 7.41. The molecule has 2 aliphatic heterocycles. The van der Waals surface area contributed by atoms with Gasteiger partial charge in [0.1, 0.15) is 5.75 Å². The maximum atomic E-state index is 5.58. The smallest absolute Gasteiger partial charge is 0.191 e. The van der Waals surface area contributed by atoms with Gasteiger partial charge < -0.3 is 20.3 Å². The molecule has 0 amide bonds. The molecule has 5 nitrogen and oxygen atoms in total. The Bertz CT molecular complexity index is 831. The van der Waals surface area contributed by atoms with Crippen molar-refractivity contribution in [2.45, 2.75) is 19.4 Å². The number of fused-ring (bicyclic) bond motifs is 1. The topological polar surface area (TPSA) is 48.9 Å². The minimum absolute atomic E-state index is 0.770. The molecule has 0 radical (unpaired) electrons. The van der Waals surface area contributed by atoms with Gasteiger partial charge in [0.2, 0.25) is 0 Å². The van der Waals surface area contributed by atoms with Crippen LogP contribution in [0.2, 0.25) is 0 Å². The molecule has 2 aromatic rings. The van der Waals surface area contributed by atoms with Crippen molar-refractivity contribution < 1.29 is 4.74 Å². The highest BCUT2D eigenvalue weighted by molar-refractivity contribution is 7.99. The predicted molar refractivity (Wildman–Crippen MR) is 124 cm³/mol. The zero-order chi connectivity index (χ0) is 19.9. The van der Waals surface area contributed by atoms with Crippen molar-refractivity contribution in [3.8, 4) is 5.75 Å². The number of rotatable bonds is 6. The summed E-state index contributed by atoms with van der Waals surface area (Å²) < 4.78 is 5.58. The van der Waals surface area contributed by atoms with E-state index in [4.69, 9.17) is 4.74 Å². The van der Waals surface area contributed by atoms with Crippen LogP contribution in [0.3, 0.4) is 0 Å². The summed E-state index contributed by atoms with van der Waals surface area (Å²) in [5.74, 6) is 4.34. The van der Waals surface area contributed by atoms with Crippen molar-refractivity contribution in [2.75, 3.05) is 49.7 Å². The van der Waals surface area contributed by atoms with E-state index >= 15 is 0 Å². The van der Waals surface area contributed by atoms with Crippen molar-refractivity contribution in [1.82, 2.24) is 10.6 Å². The molecule has 0 saturated carbocycles. The lowest BCUT2D eigenvalue weighted by Crippen LogP contribution is -2.37. The Labute approximate surface area is 177 Å². The minimum Gasteiger partial charge on any atom is -0.493 e. The summed E-state index contributed by atoms with van der Waals surface area (Å²) >= 11 is 2.04. The summed E-state index contributed by atoms with van der Waals surface area (Å²) in [5.41, 5.74) is 5.26. The first-order chi connectivity index (χ1) is 14.3. The number of thioether (sulfide) groups is 1. The predicted octanol–water partition coefficient (Wildman–Crippen LogP) is 3.08. The van der Waals surface area contributed by atoms with Gasteiger partial charge in [-0.2, -0.15) is 11.8 Å². The van der Waals surface area contributed by atoms with Crippen molar-refractivity contribution in [2.24, 2.45) is 4.99 Å². The molecule has 0 aliphatic carbocycles. The Balaban J connectivity index is 1.22.